The molecule has 0 radical (unpaired) electrons. The molecule has 0 aromatic rings. The van der Waals surface area contributed by atoms with Gasteiger partial charge in [-0.3, -0.25) is 4.55 Å². The van der Waals surface area contributed by atoms with Crippen molar-refractivity contribution in [2.24, 2.45) is 0 Å². The fourth-order valence-corrected chi connectivity index (χ4v) is 2.61. The van der Waals surface area contributed by atoms with E-state index < -0.39 is 10.4 Å². The summed E-state index contributed by atoms with van der Waals surface area (Å²) in [5, 5.41) is 0. The van der Waals surface area contributed by atoms with E-state index in [2.05, 4.69) is 4.18 Å². The minimum atomic E-state index is -4.25. The van der Waals surface area contributed by atoms with E-state index in [1.165, 1.54) is 57.8 Å². The molecule has 0 bridgehead atoms. The molecule has 6 heteroatoms. The highest BCUT2D eigenvalue weighted by atomic mass is 32.3. The smallest absolute Gasteiger partial charge is 0.385 e. The SMILES string of the molecule is COCCCCCCCCCCCCCCOS(=O)(=O)O. The summed E-state index contributed by atoms with van der Waals surface area (Å²) in [4.78, 5) is 0. The zero-order valence-corrected chi connectivity index (χ0v) is 14.2. The van der Waals surface area contributed by atoms with Crippen molar-refractivity contribution in [1.82, 2.24) is 0 Å². The average molecular weight is 324 g/mol. The largest absolute Gasteiger partial charge is 0.397 e. The summed E-state index contributed by atoms with van der Waals surface area (Å²) in [6, 6.07) is 0. The summed E-state index contributed by atoms with van der Waals surface area (Å²) in [6.45, 7) is 0.969. The van der Waals surface area contributed by atoms with Crippen LogP contribution in [0.4, 0.5) is 0 Å². The summed E-state index contributed by atoms with van der Waals surface area (Å²) in [5.74, 6) is 0. The molecule has 0 saturated carbocycles. The Morgan fingerprint density at radius 1 is 0.667 bits per heavy atom. The van der Waals surface area contributed by atoms with E-state index >= 15 is 0 Å². The first-order valence-electron chi connectivity index (χ1n) is 8.17. The molecule has 21 heavy (non-hydrogen) atoms. The van der Waals surface area contributed by atoms with Gasteiger partial charge >= 0.3 is 10.4 Å². The van der Waals surface area contributed by atoms with Crippen molar-refractivity contribution in [3.63, 3.8) is 0 Å². The molecule has 0 spiro atoms. The topological polar surface area (TPSA) is 72.8 Å². The number of methoxy groups -OCH3 is 1. The fourth-order valence-electron chi connectivity index (χ4n) is 2.28. The van der Waals surface area contributed by atoms with E-state index in [1.54, 1.807) is 7.11 Å². The number of hydrogen-bond acceptors (Lipinski definition) is 4. The van der Waals surface area contributed by atoms with Gasteiger partial charge in [0.05, 0.1) is 6.61 Å². The minimum Gasteiger partial charge on any atom is -0.385 e. The van der Waals surface area contributed by atoms with Gasteiger partial charge in [-0.1, -0.05) is 64.2 Å². The van der Waals surface area contributed by atoms with Gasteiger partial charge in [0.25, 0.3) is 0 Å². The maximum atomic E-state index is 10.3. The Hall–Kier alpha value is -0.170. The van der Waals surface area contributed by atoms with E-state index in [1.807, 2.05) is 0 Å². The van der Waals surface area contributed by atoms with E-state index in [9.17, 15) is 8.42 Å². The molecule has 1 N–H and O–H groups in total. The molecule has 5 nitrogen and oxygen atoms in total. The molecule has 0 atom stereocenters. The Bertz CT molecular complexity index is 303. The zero-order valence-electron chi connectivity index (χ0n) is 13.4. The number of unbranched alkanes of at least 4 members (excludes halogenated alkanes) is 11. The summed E-state index contributed by atoms with van der Waals surface area (Å²) in [7, 11) is -2.50. The van der Waals surface area contributed by atoms with Crippen molar-refractivity contribution < 1.29 is 21.9 Å². The van der Waals surface area contributed by atoms with Crippen LogP contribution in [0.5, 0.6) is 0 Å². The van der Waals surface area contributed by atoms with Gasteiger partial charge in [-0.05, 0) is 12.8 Å². The molecule has 0 amide bonds. The van der Waals surface area contributed by atoms with E-state index in [4.69, 9.17) is 9.29 Å². The highest BCUT2D eigenvalue weighted by Gasteiger charge is 2.02. The lowest BCUT2D eigenvalue weighted by molar-refractivity contribution is 0.192. The summed E-state index contributed by atoms with van der Waals surface area (Å²) in [5.41, 5.74) is 0. The lowest BCUT2D eigenvalue weighted by atomic mass is 10.1. The van der Waals surface area contributed by atoms with E-state index in [-0.39, 0.29) is 6.61 Å². The van der Waals surface area contributed by atoms with E-state index in [0.29, 0.717) is 6.42 Å². The van der Waals surface area contributed by atoms with Crippen molar-refractivity contribution in [2.45, 2.75) is 77.0 Å². The Balaban J connectivity index is 3.03. The van der Waals surface area contributed by atoms with Crippen LogP contribution in [0.15, 0.2) is 0 Å². The molecular formula is C15H32O5S. The van der Waals surface area contributed by atoms with Gasteiger partial charge in [-0.25, -0.2) is 4.18 Å². The van der Waals surface area contributed by atoms with Crippen molar-refractivity contribution in [3.05, 3.63) is 0 Å². The van der Waals surface area contributed by atoms with Crippen molar-refractivity contribution >= 4 is 10.4 Å². The molecule has 0 rings (SSSR count). The molecule has 0 aromatic carbocycles. The van der Waals surface area contributed by atoms with Crippen LogP contribution in [0, 0.1) is 0 Å². The van der Waals surface area contributed by atoms with Crippen LogP contribution in [0.1, 0.15) is 77.0 Å². The summed E-state index contributed by atoms with van der Waals surface area (Å²) < 4.78 is 38.2. The molecule has 0 aromatic heterocycles. The zero-order chi connectivity index (χ0) is 15.8. The van der Waals surface area contributed by atoms with Gasteiger partial charge in [-0.2, -0.15) is 8.42 Å². The van der Waals surface area contributed by atoms with Crippen molar-refractivity contribution in [3.8, 4) is 0 Å². The molecular weight excluding hydrogens is 292 g/mol. The van der Waals surface area contributed by atoms with Crippen LogP contribution in [-0.2, 0) is 19.3 Å². The number of rotatable bonds is 16. The predicted octanol–water partition coefficient (Wildman–Crippen LogP) is 4.13. The third-order valence-corrected chi connectivity index (χ3v) is 3.94. The van der Waals surface area contributed by atoms with Crippen molar-refractivity contribution in [2.75, 3.05) is 20.3 Å². The van der Waals surface area contributed by atoms with Gasteiger partial charge in [0.2, 0.25) is 0 Å². The first-order chi connectivity index (χ1) is 10.1. The molecule has 0 saturated heterocycles. The second kappa shape index (κ2) is 14.8. The van der Waals surface area contributed by atoms with Crippen LogP contribution in [0.2, 0.25) is 0 Å². The Morgan fingerprint density at radius 3 is 1.33 bits per heavy atom. The van der Waals surface area contributed by atoms with Gasteiger partial charge in [0.15, 0.2) is 0 Å². The summed E-state index contributed by atoms with van der Waals surface area (Å²) in [6.07, 6.45) is 14.2. The Morgan fingerprint density at radius 2 is 1.00 bits per heavy atom. The molecule has 0 unspecified atom stereocenters. The van der Waals surface area contributed by atoms with Crippen molar-refractivity contribution in [1.29, 1.82) is 0 Å². The predicted molar refractivity (Wildman–Crippen MR) is 84.8 cm³/mol. The van der Waals surface area contributed by atoms with Crippen LogP contribution in [-0.4, -0.2) is 33.3 Å². The maximum absolute atomic E-state index is 10.3. The van der Waals surface area contributed by atoms with E-state index in [0.717, 1.165) is 19.4 Å². The lowest BCUT2D eigenvalue weighted by Crippen LogP contribution is -2.04. The van der Waals surface area contributed by atoms with Crippen LogP contribution in [0.3, 0.4) is 0 Å². The molecule has 128 valence electrons. The Kier molecular flexibility index (Phi) is 14.6. The molecule has 0 fully saturated rings. The molecule has 0 heterocycles. The van der Waals surface area contributed by atoms with Gasteiger partial charge < -0.3 is 4.74 Å². The molecule has 0 aliphatic rings. The van der Waals surface area contributed by atoms with Crippen LogP contribution >= 0.6 is 0 Å². The molecule has 0 aliphatic heterocycles. The van der Waals surface area contributed by atoms with Gasteiger partial charge in [0.1, 0.15) is 0 Å². The molecule has 0 aliphatic carbocycles. The first kappa shape index (κ1) is 20.8. The monoisotopic (exact) mass is 324 g/mol. The highest BCUT2D eigenvalue weighted by molar-refractivity contribution is 7.80. The Labute approximate surface area is 130 Å². The quantitative estimate of drug-likeness (QED) is 0.341. The van der Waals surface area contributed by atoms with Crippen LogP contribution in [0.25, 0.3) is 0 Å². The first-order valence-corrected chi connectivity index (χ1v) is 9.53. The lowest BCUT2D eigenvalue weighted by Gasteiger charge is -2.03. The number of hydrogen-bond donors (Lipinski definition) is 1. The second-order valence-corrected chi connectivity index (χ2v) is 6.58. The fraction of sp³-hybridized carbons (Fsp3) is 1.00. The second-order valence-electron chi connectivity index (χ2n) is 5.49. The minimum absolute atomic E-state index is 0.0852. The normalized spacial score (nSPS) is 11.9. The standard InChI is InChI=1S/C15H32O5S/c1-19-14-12-10-8-6-4-2-3-5-7-9-11-13-15-20-21(16,17)18/h2-15H2,1H3,(H,16,17,18). The van der Waals surface area contributed by atoms with Crippen LogP contribution < -0.4 is 0 Å². The highest BCUT2D eigenvalue weighted by Crippen LogP contribution is 2.12. The average Bonchev–Trinajstić information content (AvgIpc) is 2.42. The summed E-state index contributed by atoms with van der Waals surface area (Å²) >= 11 is 0. The maximum Gasteiger partial charge on any atom is 0.397 e. The van der Waals surface area contributed by atoms with Gasteiger partial charge in [-0.15, -0.1) is 0 Å². The third-order valence-electron chi connectivity index (χ3n) is 3.48. The third kappa shape index (κ3) is 19.8. The number of ether oxygens (including phenoxy) is 1. The van der Waals surface area contributed by atoms with Gasteiger partial charge in [0, 0.05) is 13.7 Å².